The van der Waals surface area contributed by atoms with E-state index in [2.05, 4.69) is 0 Å². The monoisotopic (exact) mass is 400 g/mol. The molecule has 0 radical (unpaired) electrons. The molecule has 2 aromatic rings. The largest absolute Gasteiger partial charge is 0.333 e. The molecule has 0 unspecified atom stereocenters. The summed E-state index contributed by atoms with van der Waals surface area (Å²) in [6.45, 7) is 6.33. The van der Waals surface area contributed by atoms with Crippen molar-refractivity contribution in [1.29, 1.82) is 0 Å². The van der Waals surface area contributed by atoms with E-state index >= 15 is 0 Å². The molecule has 1 heterocycles. The minimum absolute atomic E-state index is 0.169. The molecular weight excluding hydrogens is 376 g/mol. The molecule has 0 aromatic heterocycles. The lowest BCUT2D eigenvalue weighted by molar-refractivity contribution is -0.127. The van der Waals surface area contributed by atoms with Gasteiger partial charge in [-0.25, -0.2) is 8.42 Å². The van der Waals surface area contributed by atoms with Gasteiger partial charge in [-0.3, -0.25) is 9.59 Å². The Bertz CT molecular complexity index is 1010. The van der Waals surface area contributed by atoms with Crippen LogP contribution in [0.4, 0.5) is 0 Å². The molecule has 0 atom stereocenters. The van der Waals surface area contributed by atoms with Gasteiger partial charge in [0.2, 0.25) is 15.8 Å². The number of nitrogens with zero attached hydrogens (tertiary/aromatic N) is 2. The van der Waals surface area contributed by atoms with Gasteiger partial charge in [0, 0.05) is 31.7 Å². The number of carbonyl (C=O) groups is 2. The number of carbonyl (C=O) groups excluding carboxylic acids is 2. The normalized spacial score (nSPS) is 15.5. The number of piperazine rings is 1. The highest BCUT2D eigenvalue weighted by atomic mass is 32.2. The summed E-state index contributed by atoms with van der Waals surface area (Å²) >= 11 is 0. The minimum Gasteiger partial charge on any atom is -0.333 e. The van der Waals surface area contributed by atoms with E-state index in [0.717, 1.165) is 11.1 Å². The highest BCUT2D eigenvalue weighted by molar-refractivity contribution is 7.89. The van der Waals surface area contributed by atoms with Crippen LogP contribution in [-0.4, -0.2) is 55.5 Å². The van der Waals surface area contributed by atoms with Crippen LogP contribution in [0, 0.1) is 20.8 Å². The summed E-state index contributed by atoms with van der Waals surface area (Å²) in [6.07, 6.45) is 0. The van der Waals surface area contributed by atoms with Crippen LogP contribution in [0.2, 0.25) is 0 Å². The maximum atomic E-state index is 12.9. The Morgan fingerprint density at radius 2 is 1.39 bits per heavy atom. The topological polar surface area (TPSA) is 74.8 Å². The number of sulfonamides is 1. The Hall–Kier alpha value is -2.51. The van der Waals surface area contributed by atoms with Crippen LogP contribution in [0.5, 0.6) is 0 Å². The smallest absolute Gasteiger partial charge is 0.295 e. The van der Waals surface area contributed by atoms with Crippen molar-refractivity contribution in [3.05, 3.63) is 64.7 Å². The third kappa shape index (κ3) is 4.00. The highest BCUT2D eigenvalue weighted by Crippen LogP contribution is 2.22. The van der Waals surface area contributed by atoms with Crippen molar-refractivity contribution in [3.8, 4) is 0 Å². The second kappa shape index (κ2) is 7.85. The fourth-order valence-electron chi connectivity index (χ4n) is 3.33. The van der Waals surface area contributed by atoms with Gasteiger partial charge in [0.1, 0.15) is 0 Å². The maximum Gasteiger partial charge on any atom is 0.295 e. The fraction of sp³-hybridized carbons (Fsp3) is 0.333. The van der Waals surface area contributed by atoms with Crippen LogP contribution in [0.3, 0.4) is 0 Å². The van der Waals surface area contributed by atoms with E-state index in [-0.39, 0.29) is 31.1 Å². The number of aryl methyl sites for hydroxylation is 3. The fourth-order valence-corrected chi connectivity index (χ4v) is 4.96. The maximum absolute atomic E-state index is 12.9. The molecule has 6 nitrogen and oxygen atoms in total. The van der Waals surface area contributed by atoms with Crippen molar-refractivity contribution in [2.24, 2.45) is 0 Å². The number of amides is 1. The Kier molecular flexibility index (Phi) is 5.67. The number of Topliss-reactive ketones (excluding diaryl/α,β-unsaturated/α-hetero) is 1. The van der Waals surface area contributed by atoms with E-state index in [1.54, 1.807) is 43.3 Å². The zero-order valence-electron chi connectivity index (χ0n) is 16.3. The standard InChI is InChI=1S/C21H24N2O4S/c1-15-4-7-18(8-5-15)20(24)21(25)22-10-12-23(13-11-22)28(26,27)19-9-6-16(2)14-17(19)3/h4-9,14H,10-13H2,1-3H3. The number of rotatable bonds is 4. The van der Waals surface area contributed by atoms with Crippen LogP contribution in [0.1, 0.15) is 27.0 Å². The van der Waals surface area contributed by atoms with Crippen LogP contribution in [0.25, 0.3) is 0 Å². The molecule has 0 saturated carbocycles. The van der Waals surface area contributed by atoms with Gasteiger partial charge < -0.3 is 4.90 Å². The quantitative estimate of drug-likeness (QED) is 0.583. The Balaban J connectivity index is 1.69. The van der Waals surface area contributed by atoms with Gasteiger partial charge in [0.15, 0.2) is 0 Å². The molecule has 1 fully saturated rings. The van der Waals surface area contributed by atoms with Crippen molar-refractivity contribution in [2.75, 3.05) is 26.2 Å². The van der Waals surface area contributed by atoms with E-state index in [0.29, 0.717) is 11.1 Å². The molecule has 28 heavy (non-hydrogen) atoms. The summed E-state index contributed by atoms with van der Waals surface area (Å²) in [7, 11) is -3.63. The summed E-state index contributed by atoms with van der Waals surface area (Å²) < 4.78 is 27.3. The molecule has 1 amide bonds. The summed E-state index contributed by atoms with van der Waals surface area (Å²) in [5.74, 6) is -1.15. The molecule has 1 saturated heterocycles. The van der Waals surface area contributed by atoms with Gasteiger partial charge in [0.05, 0.1) is 4.90 Å². The summed E-state index contributed by atoms with van der Waals surface area (Å²) in [4.78, 5) is 26.6. The lowest BCUT2D eigenvalue weighted by Crippen LogP contribution is -2.52. The molecule has 0 bridgehead atoms. The second-order valence-electron chi connectivity index (χ2n) is 7.16. The van der Waals surface area contributed by atoms with E-state index in [1.165, 1.54) is 9.21 Å². The van der Waals surface area contributed by atoms with Gasteiger partial charge in [-0.05, 0) is 32.4 Å². The molecule has 2 aromatic carbocycles. The van der Waals surface area contributed by atoms with Crippen molar-refractivity contribution in [3.63, 3.8) is 0 Å². The van der Waals surface area contributed by atoms with Crippen molar-refractivity contribution in [2.45, 2.75) is 25.7 Å². The lowest BCUT2D eigenvalue weighted by Gasteiger charge is -2.33. The van der Waals surface area contributed by atoms with Crippen LogP contribution in [0.15, 0.2) is 47.4 Å². The predicted octanol–water partition coefficient (Wildman–Crippen LogP) is 2.33. The molecule has 0 N–H and O–H groups in total. The first kappa shape index (κ1) is 20.2. The van der Waals surface area contributed by atoms with Crippen LogP contribution in [-0.2, 0) is 14.8 Å². The number of hydrogen-bond donors (Lipinski definition) is 0. The first-order valence-corrected chi connectivity index (χ1v) is 10.6. The van der Waals surface area contributed by atoms with Crippen LogP contribution >= 0.6 is 0 Å². The molecule has 3 rings (SSSR count). The van der Waals surface area contributed by atoms with Gasteiger partial charge in [-0.2, -0.15) is 4.31 Å². The van der Waals surface area contributed by atoms with Crippen LogP contribution < -0.4 is 0 Å². The Labute approximate surface area is 165 Å². The highest BCUT2D eigenvalue weighted by Gasteiger charge is 2.33. The second-order valence-corrected chi connectivity index (χ2v) is 9.07. The average molecular weight is 401 g/mol. The minimum atomic E-state index is -3.63. The molecule has 148 valence electrons. The summed E-state index contributed by atoms with van der Waals surface area (Å²) in [5.41, 5.74) is 3.06. The van der Waals surface area contributed by atoms with Crippen molar-refractivity contribution < 1.29 is 18.0 Å². The average Bonchev–Trinajstić information content (AvgIpc) is 2.67. The first-order valence-electron chi connectivity index (χ1n) is 9.18. The Morgan fingerprint density at radius 1 is 0.821 bits per heavy atom. The van der Waals surface area contributed by atoms with E-state index in [1.807, 2.05) is 19.9 Å². The molecule has 0 aliphatic carbocycles. The van der Waals surface area contributed by atoms with E-state index in [4.69, 9.17) is 0 Å². The van der Waals surface area contributed by atoms with E-state index in [9.17, 15) is 18.0 Å². The molecular formula is C21H24N2O4S. The molecule has 1 aliphatic rings. The number of benzene rings is 2. The molecule has 0 spiro atoms. The zero-order chi connectivity index (χ0) is 20.5. The lowest BCUT2D eigenvalue weighted by atomic mass is 10.1. The Morgan fingerprint density at radius 3 is 1.96 bits per heavy atom. The summed E-state index contributed by atoms with van der Waals surface area (Å²) in [5, 5.41) is 0. The predicted molar refractivity (Wildman–Crippen MR) is 107 cm³/mol. The van der Waals surface area contributed by atoms with Crippen molar-refractivity contribution in [1.82, 2.24) is 9.21 Å². The first-order chi connectivity index (χ1) is 13.2. The molecule has 1 aliphatic heterocycles. The number of hydrogen-bond acceptors (Lipinski definition) is 4. The van der Waals surface area contributed by atoms with Gasteiger partial charge >= 0.3 is 0 Å². The van der Waals surface area contributed by atoms with E-state index < -0.39 is 21.7 Å². The van der Waals surface area contributed by atoms with Gasteiger partial charge in [-0.1, -0.05) is 47.5 Å². The third-order valence-corrected chi connectivity index (χ3v) is 7.04. The zero-order valence-corrected chi connectivity index (χ0v) is 17.1. The number of ketones is 1. The summed E-state index contributed by atoms with van der Waals surface area (Å²) in [6, 6.07) is 12.1. The van der Waals surface area contributed by atoms with Crippen molar-refractivity contribution >= 4 is 21.7 Å². The third-order valence-electron chi connectivity index (χ3n) is 4.98. The van der Waals surface area contributed by atoms with Gasteiger partial charge in [-0.15, -0.1) is 0 Å². The SMILES string of the molecule is Cc1ccc(C(=O)C(=O)N2CCN(S(=O)(=O)c3ccc(C)cc3C)CC2)cc1. The molecule has 7 heteroatoms. The van der Waals surface area contributed by atoms with Gasteiger partial charge in [0.25, 0.3) is 5.91 Å².